The molecule has 0 unspecified atom stereocenters. The second-order valence-electron chi connectivity index (χ2n) is 16.9. The average Bonchev–Trinajstić information content (AvgIpc) is 3.77. The third-order valence-electron chi connectivity index (χ3n) is 13.2. The fraction of sp³-hybridized carbons (Fsp3) is 0.0508. The Morgan fingerprint density at radius 3 is 1.82 bits per heavy atom. The van der Waals surface area contributed by atoms with Gasteiger partial charge >= 0.3 is 0 Å². The quantitative estimate of drug-likeness (QED) is 0.153. The van der Waals surface area contributed by atoms with Crippen LogP contribution in [0.1, 0.15) is 25.0 Å². The summed E-state index contributed by atoms with van der Waals surface area (Å²) < 4.78 is 2.40. The summed E-state index contributed by atoms with van der Waals surface area (Å²) in [5.74, 6) is 0. The van der Waals surface area contributed by atoms with Crippen LogP contribution in [-0.4, -0.2) is 4.57 Å². The molecule has 0 radical (unpaired) electrons. The van der Waals surface area contributed by atoms with E-state index in [1.54, 1.807) is 0 Å². The number of rotatable bonds is 6. The van der Waals surface area contributed by atoms with Gasteiger partial charge < -0.3 is 9.47 Å². The van der Waals surface area contributed by atoms with E-state index in [1.807, 2.05) is 0 Å². The lowest BCUT2D eigenvalue weighted by molar-refractivity contribution is 0.660. The Labute approximate surface area is 356 Å². The minimum atomic E-state index is -0.163. The van der Waals surface area contributed by atoms with Gasteiger partial charge in [0.1, 0.15) is 0 Å². The van der Waals surface area contributed by atoms with E-state index in [9.17, 15) is 0 Å². The van der Waals surface area contributed by atoms with Crippen molar-refractivity contribution in [2.24, 2.45) is 0 Å². The molecule has 0 amide bonds. The molecule has 288 valence electrons. The number of anilines is 3. The Hall–Kier alpha value is -7.68. The lowest BCUT2D eigenvalue weighted by Gasteiger charge is -2.31. The summed E-state index contributed by atoms with van der Waals surface area (Å²) in [5, 5.41) is 7.42. The first kappa shape index (κ1) is 35.3. The van der Waals surface area contributed by atoms with Gasteiger partial charge in [-0.25, -0.2) is 0 Å². The Morgan fingerprint density at radius 1 is 0.377 bits per heavy atom. The van der Waals surface area contributed by atoms with Crippen LogP contribution in [0.4, 0.5) is 17.1 Å². The topological polar surface area (TPSA) is 8.17 Å². The maximum Gasteiger partial charge on any atom is 0.0546 e. The van der Waals surface area contributed by atoms with Gasteiger partial charge in [0.25, 0.3) is 0 Å². The minimum Gasteiger partial charge on any atom is -0.310 e. The van der Waals surface area contributed by atoms with E-state index < -0.39 is 0 Å². The van der Waals surface area contributed by atoms with Crippen molar-refractivity contribution in [2.45, 2.75) is 19.3 Å². The Morgan fingerprint density at radius 2 is 0.984 bits per heavy atom. The highest BCUT2D eigenvalue weighted by atomic mass is 15.1. The van der Waals surface area contributed by atoms with Gasteiger partial charge in [0, 0.05) is 38.8 Å². The SMILES string of the molecule is CC1(C)c2ccccc2-c2ccc(N(c3ccc4c(c3)c3ccccc3n4-c3ccccc3)c3cccc(-c4ccccc4)c3-c3cc4ccccc4c4ccccc34)cc21. The van der Waals surface area contributed by atoms with Crippen LogP contribution in [0.15, 0.2) is 218 Å². The predicted molar refractivity (Wildman–Crippen MR) is 259 cm³/mol. The van der Waals surface area contributed by atoms with Crippen LogP contribution in [0.3, 0.4) is 0 Å². The van der Waals surface area contributed by atoms with E-state index in [-0.39, 0.29) is 5.41 Å². The number of benzene rings is 10. The fourth-order valence-corrected chi connectivity index (χ4v) is 10.3. The van der Waals surface area contributed by atoms with Crippen LogP contribution in [0, 0.1) is 0 Å². The lowest BCUT2D eigenvalue weighted by Crippen LogP contribution is -2.17. The first-order valence-corrected chi connectivity index (χ1v) is 21.3. The summed E-state index contributed by atoms with van der Waals surface area (Å²) in [6, 6.07) is 80.6. The number of hydrogen-bond donors (Lipinski definition) is 0. The molecule has 1 aromatic heterocycles. The highest BCUT2D eigenvalue weighted by Gasteiger charge is 2.36. The monoisotopic (exact) mass is 778 g/mol. The van der Waals surface area contributed by atoms with E-state index in [2.05, 4.69) is 242 Å². The van der Waals surface area contributed by atoms with E-state index in [1.165, 1.54) is 87.9 Å². The van der Waals surface area contributed by atoms with Gasteiger partial charge in [-0.1, -0.05) is 172 Å². The maximum absolute atomic E-state index is 2.53. The number of para-hydroxylation sites is 2. The zero-order valence-electron chi connectivity index (χ0n) is 34.2. The molecule has 2 nitrogen and oxygen atoms in total. The molecule has 12 rings (SSSR count). The zero-order valence-corrected chi connectivity index (χ0v) is 34.2. The first-order chi connectivity index (χ1) is 30.0. The van der Waals surface area contributed by atoms with Gasteiger partial charge in [0.05, 0.1) is 16.7 Å². The van der Waals surface area contributed by atoms with Gasteiger partial charge in [-0.3, -0.25) is 0 Å². The molecular formula is C59H42N2. The third-order valence-corrected chi connectivity index (χ3v) is 13.2. The molecular weight excluding hydrogens is 737 g/mol. The van der Waals surface area contributed by atoms with Crippen LogP contribution < -0.4 is 4.90 Å². The normalized spacial score (nSPS) is 12.9. The molecule has 0 N–H and O–H groups in total. The smallest absolute Gasteiger partial charge is 0.0546 e. The van der Waals surface area contributed by atoms with Gasteiger partial charge in [-0.05, 0) is 121 Å². The number of aromatic nitrogens is 1. The van der Waals surface area contributed by atoms with Crippen molar-refractivity contribution >= 4 is 60.4 Å². The molecule has 0 atom stereocenters. The van der Waals surface area contributed by atoms with Crippen molar-refractivity contribution in [3.05, 3.63) is 230 Å². The Bertz CT molecular complexity index is 3500. The Kier molecular flexibility index (Phi) is 7.92. The van der Waals surface area contributed by atoms with Crippen LogP contribution in [-0.2, 0) is 5.41 Å². The van der Waals surface area contributed by atoms with E-state index >= 15 is 0 Å². The van der Waals surface area contributed by atoms with E-state index in [0.29, 0.717) is 0 Å². The molecule has 0 saturated carbocycles. The summed E-state index contributed by atoms with van der Waals surface area (Å²) in [7, 11) is 0. The van der Waals surface area contributed by atoms with Gasteiger partial charge in [-0.2, -0.15) is 0 Å². The summed E-state index contributed by atoms with van der Waals surface area (Å²) in [6.07, 6.45) is 0. The van der Waals surface area contributed by atoms with Crippen LogP contribution in [0.5, 0.6) is 0 Å². The second-order valence-corrected chi connectivity index (χ2v) is 16.9. The summed E-state index contributed by atoms with van der Waals surface area (Å²) >= 11 is 0. The zero-order chi connectivity index (χ0) is 40.7. The highest BCUT2D eigenvalue weighted by Crippen LogP contribution is 2.53. The molecule has 1 heterocycles. The van der Waals surface area contributed by atoms with Crippen LogP contribution in [0.2, 0.25) is 0 Å². The van der Waals surface area contributed by atoms with Crippen molar-refractivity contribution in [2.75, 3.05) is 4.90 Å². The van der Waals surface area contributed by atoms with Gasteiger partial charge in [-0.15, -0.1) is 0 Å². The molecule has 11 aromatic rings. The molecule has 61 heavy (non-hydrogen) atoms. The number of hydrogen-bond acceptors (Lipinski definition) is 1. The molecule has 0 bridgehead atoms. The fourth-order valence-electron chi connectivity index (χ4n) is 10.3. The van der Waals surface area contributed by atoms with Crippen molar-refractivity contribution in [3.8, 4) is 39.1 Å². The summed E-state index contributed by atoms with van der Waals surface area (Å²) in [6.45, 7) is 4.75. The molecule has 1 aliphatic carbocycles. The minimum absolute atomic E-state index is 0.163. The van der Waals surface area contributed by atoms with Crippen molar-refractivity contribution in [1.29, 1.82) is 0 Å². The molecule has 0 saturated heterocycles. The second kappa shape index (κ2) is 13.7. The highest BCUT2D eigenvalue weighted by molar-refractivity contribution is 6.17. The van der Waals surface area contributed by atoms with Crippen molar-refractivity contribution in [1.82, 2.24) is 4.57 Å². The largest absolute Gasteiger partial charge is 0.310 e. The van der Waals surface area contributed by atoms with E-state index in [4.69, 9.17) is 0 Å². The Balaban J connectivity index is 1.19. The average molecular weight is 779 g/mol. The lowest BCUT2D eigenvalue weighted by atomic mass is 9.82. The van der Waals surface area contributed by atoms with Crippen molar-refractivity contribution in [3.63, 3.8) is 0 Å². The number of nitrogens with zero attached hydrogens (tertiary/aromatic N) is 2. The van der Waals surface area contributed by atoms with Crippen LogP contribution in [0.25, 0.3) is 82.4 Å². The van der Waals surface area contributed by atoms with Gasteiger partial charge in [0.15, 0.2) is 0 Å². The predicted octanol–water partition coefficient (Wildman–Crippen LogP) is 16.2. The van der Waals surface area contributed by atoms with Gasteiger partial charge in [0.2, 0.25) is 0 Å². The number of fused-ring (bicyclic) bond motifs is 9. The maximum atomic E-state index is 2.53. The first-order valence-electron chi connectivity index (χ1n) is 21.3. The molecule has 1 aliphatic rings. The van der Waals surface area contributed by atoms with Crippen molar-refractivity contribution < 1.29 is 0 Å². The van der Waals surface area contributed by atoms with Crippen LogP contribution >= 0.6 is 0 Å². The molecule has 0 aliphatic heterocycles. The standard InChI is InChI=1S/C59H42N2/c1-59(2)53-29-15-13-26-48(53)49-34-32-43(38-54(49)59)60(42-33-35-56-51(37-42)50-27-14-16-30-55(50)61(56)41-21-7-4-8-22-41)57-31-17-28-45(39-18-5-3-6-19-39)58(57)52-36-40-20-9-10-23-44(40)46-24-11-12-25-47(46)52/h3-38H,1-2H3. The third kappa shape index (κ3) is 5.42. The molecule has 2 heteroatoms. The van der Waals surface area contributed by atoms with E-state index in [0.717, 1.165) is 22.7 Å². The molecule has 10 aromatic carbocycles. The summed E-state index contributed by atoms with van der Waals surface area (Å²) in [5.41, 5.74) is 16.9. The molecule has 0 fully saturated rings. The summed E-state index contributed by atoms with van der Waals surface area (Å²) in [4.78, 5) is 2.53. The molecule has 0 spiro atoms.